The molecule has 49 heavy (non-hydrogen) atoms. The van der Waals surface area contributed by atoms with Gasteiger partial charge in [0.2, 0.25) is 0 Å². The molecule has 8 aromatic rings. The topological polar surface area (TPSA) is 34.0 Å². The summed E-state index contributed by atoms with van der Waals surface area (Å²) in [4.78, 5) is 7.41. The molecule has 232 valence electrons. The molecule has 4 heteroatoms. The van der Waals surface area contributed by atoms with Crippen molar-refractivity contribution in [2.45, 2.75) is 5.41 Å². The molecule has 0 saturated heterocycles. The first kappa shape index (κ1) is 28.7. The number of anilines is 3. The van der Waals surface area contributed by atoms with Crippen molar-refractivity contribution in [3.05, 3.63) is 216 Å². The van der Waals surface area contributed by atoms with E-state index in [4.69, 9.17) is 10.1 Å². The fraction of sp³-hybridized carbons (Fsp3) is 0.0222. The zero-order valence-electron chi connectivity index (χ0n) is 26.8. The minimum absolute atomic E-state index is 0.495. The molecule has 0 saturated carbocycles. The fourth-order valence-electron chi connectivity index (χ4n) is 7.41. The Labute approximate surface area is 286 Å². The standard InChI is InChI=1S/C45H32N4/c1-5-17-33(18-6-1)43-46-44(34-19-7-2-8-20-34)49(47-43)38-31-29-37(30-32-38)48-41-27-15-13-25-39(41)45(35-21-9-3-10-22-35,36-23-11-4-12-24-36)40-26-14-16-28-42(40)48/h1-32H. The number of benzene rings is 7. The second kappa shape index (κ2) is 11.9. The molecule has 0 unspecified atom stereocenters. The highest BCUT2D eigenvalue weighted by molar-refractivity contribution is 5.89. The van der Waals surface area contributed by atoms with Crippen molar-refractivity contribution in [2.24, 2.45) is 0 Å². The largest absolute Gasteiger partial charge is 0.310 e. The Morgan fingerprint density at radius 3 is 1.35 bits per heavy atom. The van der Waals surface area contributed by atoms with Gasteiger partial charge in [-0.1, -0.05) is 158 Å². The van der Waals surface area contributed by atoms with Gasteiger partial charge in [-0.3, -0.25) is 0 Å². The van der Waals surface area contributed by atoms with E-state index in [0.29, 0.717) is 5.82 Å². The van der Waals surface area contributed by atoms with E-state index in [9.17, 15) is 0 Å². The van der Waals surface area contributed by atoms with Gasteiger partial charge in [-0.15, -0.1) is 5.10 Å². The average molecular weight is 629 g/mol. The number of fused-ring (bicyclic) bond motifs is 2. The Kier molecular flexibility index (Phi) is 6.98. The summed E-state index contributed by atoms with van der Waals surface area (Å²) in [6, 6.07) is 68.6. The zero-order chi connectivity index (χ0) is 32.6. The van der Waals surface area contributed by atoms with Crippen molar-refractivity contribution in [3.8, 4) is 28.5 Å². The molecule has 0 atom stereocenters. The third kappa shape index (κ3) is 4.68. The van der Waals surface area contributed by atoms with Gasteiger partial charge in [-0.05, 0) is 58.7 Å². The second-order valence-corrected chi connectivity index (χ2v) is 12.3. The van der Waals surface area contributed by atoms with E-state index in [0.717, 1.165) is 39.7 Å². The van der Waals surface area contributed by atoms with Crippen LogP contribution >= 0.6 is 0 Å². The molecule has 7 aromatic carbocycles. The summed E-state index contributed by atoms with van der Waals surface area (Å²) >= 11 is 0. The van der Waals surface area contributed by atoms with Gasteiger partial charge in [0.25, 0.3) is 0 Å². The van der Waals surface area contributed by atoms with Crippen LogP contribution in [0.15, 0.2) is 194 Å². The molecule has 0 spiro atoms. The summed E-state index contributed by atoms with van der Waals surface area (Å²) in [5, 5.41) is 5.02. The molecular formula is C45H32N4. The van der Waals surface area contributed by atoms with Crippen molar-refractivity contribution in [1.82, 2.24) is 14.8 Å². The van der Waals surface area contributed by atoms with Gasteiger partial charge in [0.1, 0.15) is 0 Å². The number of rotatable bonds is 6. The molecule has 1 aliphatic heterocycles. The van der Waals surface area contributed by atoms with Crippen LogP contribution in [0.4, 0.5) is 17.1 Å². The van der Waals surface area contributed by atoms with Crippen molar-refractivity contribution >= 4 is 17.1 Å². The molecule has 0 fully saturated rings. The fourth-order valence-corrected chi connectivity index (χ4v) is 7.41. The van der Waals surface area contributed by atoms with E-state index in [2.05, 4.69) is 150 Å². The molecule has 1 aliphatic rings. The summed E-state index contributed by atoms with van der Waals surface area (Å²) in [6.45, 7) is 0. The third-order valence-corrected chi connectivity index (χ3v) is 9.54. The van der Waals surface area contributed by atoms with Gasteiger partial charge in [0.05, 0.1) is 22.5 Å². The number of hydrogen-bond acceptors (Lipinski definition) is 3. The summed E-state index contributed by atoms with van der Waals surface area (Å²) in [7, 11) is 0. The predicted octanol–water partition coefficient (Wildman–Crippen LogP) is 10.8. The number of aromatic nitrogens is 3. The van der Waals surface area contributed by atoms with Crippen LogP contribution in [-0.2, 0) is 5.41 Å². The SMILES string of the molecule is c1ccc(-c2nc(-c3ccccc3)n(-c3ccc(N4c5ccccc5C(c5ccccc5)(c5ccccc5)c5ccccc54)cc3)n2)cc1. The predicted molar refractivity (Wildman–Crippen MR) is 199 cm³/mol. The Balaban J connectivity index is 1.21. The highest BCUT2D eigenvalue weighted by atomic mass is 15.4. The monoisotopic (exact) mass is 628 g/mol. The average Bonchev–Trinajstić information content (AvgIpc) is 3.64. The molecule has 0 amide bonds. The lowest BCUT2D eigenvalue weighted by molar-refractivity contribution is 0.731. The molecule has 2 heterocycles. The van der Waals surface area contributed by atoms with E-state index < -0.39 is 5.41 Å². The summed E-state index contributed by atoms with van der Waals surface area (Å²) in [6.07, 6.45) is 0. The van der Waals surface area contributed by atoms with Crippen LogP contribution in [0.2, 0.25) is 0 Å². The lowest BCUT2D eigenvalue weighted by Crippen LogP contribution is -2.37. The summed E-state index contributed by atoms with van der Waals surface area (Å²) in [5.74, 6) is 1.50. The van der Waals surface area contributed by atoms with Crippen LogP contribution in [0.5, 0.6) is 0 Å². The molecule has 9 rings (SSSR count). The first-order valence-corrected chi connectivity index (χ1v) is 16.6. The molecule has 4 nitrogen and oxygen atoms in total. The quantitative estimate of drug-likeness (QED) is 0.184. The molecule has 1 aromatic heterocycles. The van der Waals surface area contributed by atoms with Crippen molar-refractivity contribution < 1.29 is 0 Å². The van der Waals surface area contributed by atoms with E-state index in [-0.39, 0.29) is 0 Å². The summed E-state index contributed by atoms with van der Waals surface area (Å²) in [5.41, 5.74) is 10.8. The van der Waals surface area contributed by atoms with Gasteiger partial charge >= 0.3 is 0 Å². The van der Waals surface area contributed by atoms with Crippen molar-refractivity contribution in [2.75, 3.05) is 4.90 Å². The molecule has 0 radical (unpaired) electrons. The van der Waals surface area contributed by atoms with Crippen LogP contribution in [-0.4, -0.2) is 14.8 Å². The second-order valence-electron chi connectivity index (χ2n) is 12.3. The maximum Gasteiger partial charge on any atom is 0.182 e. The lowest BCUT2D eigenvalue weighted by Gasteiger charge is -2.46. The lowest BCUT2D eigenvalue weighted by atomic mass is 9.62. The number of para-hydroxylation sites is 2. The molecule has 0 N–H and O–H groups in total. The Morgan fingerprint density at radius 2 is 0.816 bits per heavy atom. The van der Waals surface area contributed by atoms with E-state index in [1.54, 1.807) is 0 Å². The van der Waals surface area contributed by atoms with E-state index in [1.807, 2.05) is 53.2 Å². The van der Waals surface area contributed by atoms with Gasteiger partial charge in [0.15, 0.2) is 11.6 Å². The van der Waals surface area contributed by atoms with Gasteiger partial charge in [-0.2, -0.15) is 0 Å². The molecule has 0 bridgehead atoms. The Hall–Kier alpha value is -6.52. The van der Waals surface area contributed by atoms with Crippen molar-refractivity contribution in [1.29, 1.82) is 0 Å². The minimum Gasteiger partial charge on any atom is -0.310 e. The maximum absolute atomic E-state index is 5.02. The van der Waals surface area contributed by atoms with E-state index in [1.165, 1.54) is 22.3 Å². The maximum atomic E-state index is 5.02. The van der Waals surface area contributed by atoms with Crippen LogP contribution < -0.4 is 4.90 Å². The van der Waals surface area contributed by atoms with Crippen LogP contribution in [0, 0.1) is 0 Å². The molecular weight excluding hydrogens is 597 g/mol. The highest BCUT2D eigenvalue weighted by Crippen LogP contribution is 2.57. The van der Waals surface area contributed by atoms with Gasteiger partial charge in [-0.25, -0.2) is 9.67 Å². The van der Waals surface area contributed by atoms with Gasteiger partial charge in [0, 0.05) is 16.8 Å². The third-order valence-electron chi connectivity index (χ3n) is 9.54. The van der Waals surface area contributed by atoms with Crippen LogP contribution in [0.3, 0.4) is 0 Å². The zero-order valence-corrected chi connectivity index (χ0v) is 26.8. The van der Waals surface area contributed by atoms with Crippen LogP contribution in [0.1, 0.15) is 22.3 Å². The Bertz CT molecular complexity index is 2280. The minimum atomic E-state index is -0.495. The van der Waals surface area contributed by atoms with Crippen LogP contribution in [0.25, 0.3) is 28.5 Å². The normalized spacial score (nSPS) is 13.0. The van der Waals surface area contributed by atoms with Gasteiger partial charge < -0.3 is 4.90 Å². The number of nitrogens with zero attached hydrogens (tertiary/aromatic N) is 4. The van der Waals surface area contributed by atoms with E-state index >= 15 is 0 Å². The summed E-state index contributed by atoms with van der Waals surface area (Å²) < 4.78 is 1.95. The van der Waals surface area contributed by atoms with Crippen molar-refractivity contribution in [3.63, 3.8) is 0 Å². The highest BCUT2D eigenvalue weighted by Gasteiger charge is 2.46. The first-order valence-electron chi connectivity index (χ1n) is 16.6. The molecule has 0 aliphatic carbocycles. The number of hydrogen-bond donors (Lipinski definition) is 0. The Morgan fingerprint density at radius 1 is 0.388 bits per heavy atom. The first-order chi connectivity index (χ1) is 24.3. The smallest absolute Gasteiger partial charge is 0.182 e.